The Hall–Kier alpha value is 0.842. The fourth-order valence-electron chi connectivity index (χ4n) is 0.856. The van der Waals surface area contributed by atoms with Gasteiger partial charge in [0.05, 0.1) is 0 Å². The Balaban J connectivity index is -0.0000000875. The molecule has 0 atom stereocenters. The second-order valence-corrected chi connectivity index (χ2v) is 6.45. The van der Waals surface area contributed by atoms with Crippen LogP contribution >= 0.6 is 0 Å². The third kappa shape index (κ3) is 54.1. The number of hydrogen-bond acceptors (Lipinski definition) is 1. The van der Waals surface area contributed by atoms with Crippen molar-refractivity contribution in [2.24, 2.45) is 10.8 Å². The third-order valence-electron chi connectivity index (χ3n) is 1.22. The number of nitrogens with zero attached hydrogens (tertiary/aromatic N) is 1. The van der Waals surface area contributed by atoms with Gasteiger partial charge in [-0.05, 0) is 20.6 Å². The first-order valence-electron chi connectivity index (χ1n) is 6.39. The summed E-state index contributed by atoms with van der Waals surface area (Å²) in [6.45, 7) is 21.5. The van der Waals surface area contributed by atoms with E-state index >= 15 is 0 Å². The molecule has 18 heavy (non-hydrogen) atoms. The molecule has 0 aliphatic heterocycles. The van der Waals surface area contributed by atoms with Crippen molar-refractivity contribution in [3.05, 3.63) is 19.6 Å². The van der Waals surface area contributed by atoms with E-state index in [0.717, 1.165) is 6.54 Å². The minimum Gasteiger partial charge on any atom is -0.679 e. The van der Waals surface area contributed by atoms with Crippen molar-refractivity contribution in [2.45, 2.75) is 48.0 Å². The van der Waals surface area contributed by atoms with Crippen molar-refractivity contribution >= 4 is 0 Å². The minimum absolute atomic E-state index is 0. The Morgan fingerprint density at radius 1 is 0.944 bits per heavy atom. The summed E-state index contributed by atoms with van der Waals surface area (Å²) in [5.74, 6) is 0. The molecule has 0 aromatic heterocycles. The summed E-state index contributed by atoms with van der Waals surface area (Å²) in [6, 6.07) is 0. The van der Waals surface area contributed by atoms with Gasteiger partial charge in [-0.3, -0.25) is 0 Å². The van der Waals surface area contributed by atoms with Crippen LogP contribution < -0.4 is 0 Å². The summed E-state index contributed by atoms with van der Waals surface area (Å²) in [7, 11) is 4.12. The molecule has 0 saturated heterocycles. The Morgan fingerprint density at radius 3 is 1.17 bits per heavy atom. The Bertz CT molecular complexity index is 144. The monoisotopic (exact) mass is 357 g/mol. The largest absolute Gasteiger partial charge is 0.679 e. The quantitative estimate of drug-likeness (QED) is 0.531. The molecule has 0 radical (unpaired) electrons. The SMILES string of the molecule is CCC.[CH2-]C(C)(C)CN(C)C.[CH2-]C(C)(C)C[NH-].[Cd]. The van der Waals surface area contributed by atoms with E-state index in [1.54, 1.807) is 0 Å². The van der Waals surface area contributed by atoms with E-state index in [2.05, 4.69) is 60.5 Å². The van der Waals surface area contributed by atoms with E-state index in [1.807, 2.05) is 13.8 Å². The Kier molecular flexibility index (Phi) is 21.6. The van der Waals surface area contributed by atoms with Crippen molar-refractivity contribution in [3.63, 3.8) is 0 Å². The zero-order valence-electron chi connectivity index (χ0n) is 14.2. The van der Waals surface area contributed by atoms with E-state index in [0.29, 0.717) is 6.54 Å². The van der Waals surface area contributed by atoms with Crippen molar-refractivity contribution in [1.29, 1.82) is 0 Å². The molecule has 0 aliphatic carbocycles. The molecule has 0 spiro atoms. The van der Waals surface area contributed by atoms with Gasteiger partial charge in [0.2, 0.25) is 0 Å². The molecule has 0 aromatic carbocycles. The van der Waals surface area contributed by atoms with Crippen LogP contribution in [0.5, 0.6) is 0 Å². The first kappa shape index (κ1) is 27.2. The van der Waals surface area contributed by atoms with Crippen LogP contribution in [0.4, 0.5) is 0 Å². The molecular formula is C15H35CdN2-3. The second kappa shape index (κ2) is 14.3. The van der Waals surface area contributed by atoms with Crippen LogP contribution in [0.1, 0.15) is 48.0 Å². The van der Waals surface area contributed by atoms with Gasteiger partial charge in [-0.1, -0.05) is 48.0 Å². The first-order valence-corrected chi connectivity index (χ1v) is 6.39. The topological polar surface area (TPSA) is 27.0 Å². The van der Waals surface area contributed by atoms with E-state index in [1.165, 1.54) is 6.42 Å². The van der Waals surface area contributed by atoms with Crippen molar-refractivity contribution < 1.29 is 27.3 Å². The van der Waals surface area contributed by atoms with Gasteiger partial charge in [-0.25, -0.2) is 0 Å². The maximum atomic E-state index is 6.79. The van der Waals surface area contributed by atoms with Gasteiger partial charge < -0.3 is 24.5 Å². The predicted octanol–water partition coefficient (Wildman–Crippen LogP) is 4.72. The third-order valence-corrected chi connectivity index (χ3v) is 1.22. The van der Waals surface area contributed by atoms with Crippen LogP contribution in [-0.2, 0) is 27.3 Å². The van der Waals surface area contributed by atoms with Crippen LogP contribution in [0.3, 0.4) is 0 Å². The molecule has 0 rings (SSSR count). The zero-order valence-corrected chi connectivity index (χ0v) is 18.2. The fourth-order valence-corrected chi connectivity index (χ4v) is 0.856. The van der Waals surface area contributed by atoms with Gasteiger partial charge in [-0.15, -0.1) is 0 Å². The van der Waals surface area contributed by atoms with Crippen molar-refractivity contribution in [1.82, 2.24) is 4.90 Å². The van der Waals surface area contributed by atoms with Crippen LogP contribution in [0.15, 0.2) is 0 Å². The van der Waals surface area contributed by atoms with Gasteiger partial charge in [0.15, 0.2) is 0 Å². The predicted molar refractivity (Wildman–Crippen MR) is 82.0 cm³/mol. The normalized spacial score (nSPS) is 10.7. The van der Waals surface area contributed by atoms with Crippen LogP contribution in [0.2, 0.25) is 0 Å². The molecule has 0 amide bonds. The van der Waals surface area contributed by atoms with Crippen LogP contribution in [0.25, 0.3) is 5.73 Å². The van der Waals surface area contributed by atoms with Gasteiger partial charge in [0.25, 0.3) is 0 Å². The maximum Gasteiger partial charge on any atom is 0 e. The van der Waals surface area contributed by atoms with E-state index in [4.69, 9.17) is 5.73 Å². The summed E-state index contributed by atoms with van der Waals surface area (Å²) < 4.78 is 0. The Labute approximate surface area is 137 Å². The molecular weight excluding hydrogens is 321 g/mol. The average molecular weight is 356 g/mol. The van der Waals surface area contributed by atoms with E-state index in [-0.39, 0.29) is 38.1 Å². The molecule has 0 aliphatic rings. The molecule has 3 heteroatoms. The summed E-state index contributed by atoms with van der Waals surface area (Å²) in [5, 5.41) is 0. The second-order valence-electron chi connectivity index (χ2n) is 6.45. The first-order chi connectivity index (χ1) is 7.39. The smallest absolute Gasteiger partial charge is 0 e. The molecule has 0 aromatic rings. The van der Waals surface area contributed by atoms with Gasteiger partial charge in [0.1, 0.15) is 0 Å². The number of hydrogen-bond donors (Lipinski definition) is 0. The van der Waals surface area contributed by atoms with E-state index in [9.17, 15) is 0 Å². The van der Waals surface area contributed by atoms with Crippen molar-refractivity contribution in [2.75, 3.05) is 27.2 Å². The van der Waals surface area contributed by atoms with Crippen molar-refractivity contribution in [3.8, 4) is 0 Å². The molecule has 110 valence electrons. The van der Waals surface area contributed by atoms with Gasteiger partial charge in [0, 0.05) is 27.3 Å². The molecule has 1 N–H and O–H groups in total. The molecule has 0 unspecified atom stereocenters. The molecule has 2 nitrogen and oxygen atoms in total. The van der Waals surface area contributed by atoms with Gasteiger partial charge in [-0.2, -0.15) is 17.4 Å². The summed E-state index contributed by atoms with van der Waals surface area (Å²) in [5.41, 5.74) is 6.95. The summed E-state index contributed by atoms with van der Waals surface area (Å²) in [6.07, 6.45) is 1.25. The van der Waals surface area contributed by atoms with Crippen LogP contribution in [-0.4, -0.2) is 32.1 Å². The summed E-state index contributed by atoms with van der Waals surface area (Å²) in [4.78, 5) is 2.15. The van der Waals surface area contributed by atoms with Gasteiger partial charge >= 0.3 is 0 Å². The summed E-state index contributed by atoms with van der Waals surface area (Å²) >= 11 is 0. The molecule has 0 heterocycles. The minimum atomic E-state index is -0.0417. The zero-order chi connectivity index (χ0) is 14.7. The molecule has 0 saturated carbocycles. The number of nitrogens with one attached hydrogen (secondary N) is 1. The number of rotatable bonds is 3. The fraction of sp³-hybridized carbons (Fsp3) is 0.867. The maximum absolute atomic E-state index is 6.79. The average Bonchev–Trinajstić information content (AvgIpc) is 2.00. The molecule has 0 fully saturated rings. The standard InChI is InChI=1S/C7H16N.C5H11N.C3H8.Cd/c1-7(2,3)6-8(4)5;1-5(2,3)4-6;1-3-2;/h1,6H2,2-5H3;6H,1,4H2,2-3H3;3H2,1-2H3;/q-1;-2;;. The van der Waals surface area contributed by atoms with Crippen LogP contribution in [0, 0.1) is 24.7 Å². The molecule has 0 bridgehead atoms. The van der Waals surface area contributed by atoms with E-state index < -0.39 is 0 Å². The Morgan fingerprint density at radius 2 is 1.17 bits per heavy atom.